The van der Waals surface area contributed by atoms with Crippen LogP contribution in [-0.4, -0.2) is 169 Å². The van der Waals surface area contributed by atoms with Crippen molar-refractivity contribution in [2.45, 2.75) is 46.7 Å². The number of carbonyl (C=O) groups is 1. The summed E-state index contributed by atoms with van der Waals surface area (Å²) >= 11 is 0. The van der Waals surface area contributed by atoms with Gasteiger partial charge in [-0.3, -0.25) is 33.8 Å². The van der Waals surface area contributed by atoms with Crippen molar-refractivity contribution in [2.75, 3.05) is 110 Å². The lowest BCUT2D eigenvalue weighted by atomic mass is 9.95. The SMILES string of the molecule is CNCCN(c1cc(OC)cc(OC)c1)c1ccc2ncc(-c3cnn(CC(=O)NC)c3)nc2c1.COc1cc(OC)cc(N(CC(C)(C)C)c2ccc3ncc(-c4cnn(C)c4)nc3c2)c1.COc1cc(OC)cc(N(CC2CC2)c2ccc3ncc(-c4cnn(CCNS(C)(=O)=O)c4)nc3c2)c1. The molecule has 0 radical (unpaired) electrons. The smallest absolute Gasteiger partial charge is 0.241 e. The predicted molar refractivity (Wildman–Crippen MR) is 406 cm³/mol. The van der Waals surface area contributed by atoms with Crippen molar-refractivity contribution in [2.24, 2.45) is 18.4 Å². The highest BCUT2D eigenvalue weighted by Crippen LogP contribution is 2.41. The molecule has 6 heterocycles. The highest BCUT2D eigenvalue weighted by Gasteiger charge is 2.27. The number of ether oxygens (including phenoxy) is 6. The Morgan fingerprint density at radius 2 is 0.904 bits per heavy atom. The average molecular weight is 1430 g/mol. The van der Waals surface area contributed by atoms with Crippen molar-refractivity contribution < 1.29 is 41.6 Å². The Morgan fingerprint density at radius 1 is 0.500 bits per heavy atom. The third kappa shape index (κ3) is 19.2. The van der Waals surface area contributed by atoms with Crippen molar-refractivity contribution in [1.82, 2.24) is 74.6 Å². The summed E-state index contributed by atoms with van der Waals surface area (Å²) < 4.78 is 63.1. The molecule has 1 amide bonds. The molecule has 0 spiro atoms. The van der Waals surface area contributed by atoms with Gasteiger partial charge in [-0.1, -0.05) is 20.8 Å². The molecule has 1 aliphatic carbocycles. The zero-order valence-electron chi connectivity index (χ0n) is 60.8. The third-order valence-corrected chi connectivity index (χ3v) is 17.7. The van der Waals surface area contributed by atoms with Gasteiger partial charge in [0, 0.05) is 171 Å². The van der Waals surface area contributed by atoms with Crippen LogP contribution in [0.4, 0.5) is 34.1 Å². The number of sulfonamides is 1. The normalized spacial score (nSPS) is 12.0. The van der Waals surface area contributed by atoms with Crippen LogP contribution >= 0.6 is 0 Å². The lowest BCUT2D eigenvalue weighted by Crippen LogP contribution is -2.28. The number of anilines is 6. The summed E-state index contributed by atoms with van der Waals surface area (Å²) in [5, 5.41) is 18.6. The van der Waals surface area contributed by atoms with Crippen molar-refractivity contribution in [3.05, 3.63) is 165 Å². The van der Waals surface area contributed by atoms with Crippen LogP contribution in [0.2, 0.25) is 0 Å². The van der Waals surface area contributed by atoms with Crippen LogP contribution in [0, 0.1) is 11.3 Å². The fraction of sp³-hybridized carbons (Fsp3) is 0.316. The van der Waals surface area contributed by atoms with Gasteiger partial charge in [-0.2, -0.15) is 15.3 Å². The van der Waals surface area contributed by atoms with Crippen molar-refractivity contribution >= 4 is 83.2 Å². The maximum Gasteiger partial charge on any atom is 0.241 e. The van der Waals surface area contributed by atoms with E-state index in [-0.39, 0.29) is 24.4 Å². The molecular weight excluding hydrogens is 1340 g/mol. The number of carbonyl (C=O) groups excluding carboxylic acids is 1. The molecule has 0 atom stereocenters. The summed E-state index contributed by atoms with van der Waals surface area (Å²) in [6, 6.07) is 35.9. The quantitative estimate of drug-likeness (QED) is 0.0431. The van der Waals surface area contributed by atoms with Crippen LogP contribution in [0.15, 0.2) is 165 Å². The molecule has 104 heavy (non-hydrogen) atoms. The number of nitrogens with zero attached hydrogens (tertiary/aromatic N) is 15. The van der Waals surface area contributed by atoms with Gasteiger partial charge in [0.1, 0.15) is 41.0 Å². The fourth-order valence-electron chi connectivity index (χ4n) is 11.4. The second-order valence-electron chi connectivity index (χ2n) is 26.1. The van der Waals surface area contributed by atoms with Crippen LogP contribution < -0.4 is 58.5 Å². The zero-order valence-corrected chi connectivity index (χ0v) is 61.6. The minimum atomic E-state index is -3.24. The van der Waals surface area contributed by atoms with Crippen molar-refractivity contribution in [3.63, 3.8) is 0 Å². The first-order valence-electron chi connectivity index (χ1n) is 33.8. The summed E-state index contributed by atoms with van der Waals surface area (Å²) in [5.74, 6) is 4.92. The lowest BCUT2D eigenvalue weighted by molar-refractivity contribution is -0.121. The molecule has 12 aromatic rings. The van der Waals surface area contributed by atoms with Crippen molar-refractivity contribution in [3.8, 4) is 68.3 Å². The summed E-state index contributed by atoms with van der Waals surface area (Å²) in [5.41, 5.74) is 15.5. The highest BCUT2D eigenvalue weighted by molar-refractivity contribution is 7.88. The Morgan fingerprint density at radius 3 is 1.31 bits per heavy atom. The van der Waals surface area contributed by atoms with Gasteiger partial charge in [-0.15, -0.1) is 0 Å². The van der Waals surface area contributed by atoms with Gasteiger partial charge < -0.3 is 53.8 Å². The molecule has 1 saturated carbocycles. The minimum absolute atomic E-state index is 0.0501. The first-order chi connectivity index (χ1) is 50.1. The molecule has 28 heteroatoms. The molecule has 3 N–H and O–H groups in total. The predicted octanol–water partition coefficient (Wildman–Crippen LogP) is 11.5. The molecule has 0 aliphatic heterocycles. The number of methoxy groups -OCH3 is 6. The monoisotopic (exact) mass is 1430 g/mol. The molecule has 6 aromatic carbocycles. The van der Waals surface area contributed by atoms with E-state index in [0.717, 1.165) is 145 Å². The van der Waals surface area contributed by atoms with Crippen LogP contribution in [0.1, 0.15) is 33.6 Å². The average Bonchev–Trinajstić information content (AvgIpc) is 1.19. The van der Waals surface area contributed by atoms with Gasteiger partial charge in [0.2, 0.25) is 15.9 Å². The Labute approximate surface area is 605 Å². The molecule has 542 valence electrons. The lowest BCUT2D eigenvalue weighted by Gasteiger charge is -2.32. The Bertz CT molecular complexity index is 5010. The first kappa shape index (κ1) is 73.7. The Balaban J connectivity index is 0.000000157. The molecule has 0 unspecified atom stereocenters. The molecule has 6 aromatic heterocycles. The van der Waals surface area contributed by atoms with E-state index in [1.807, 2.05) is 111 Å². The van der Waals surface area contributed by atoms with Gasteiger partial charge in [0.05, 0.1) is 143 Å². The number of amides is 1. The number of hydrogen-bond acceptors (Lipinski definition) is 22. The van der Waals surface area contributed by atoms with E-state index in [0.29, 0.717) is 35.3 Å². The summed E-state index contributed by atoms with van der Waals surface area (Å²) in [4.78, 5) is 46.8. The number of nitrogens with one attached hydrogen (secondary N) is 3. The van der Waals surface area contributed by atoms with Gasteiger partial charge in [-0.25, -0.2) is 28.1 Å². The molecule has 1 fully saturated rings. The number of benzene rings is 6. The van der Waals surface area contributed by atoms with Crippen molar-refractivity contribution in [1.29, 1.82) is 0 Å². The van der Waals surface area contributed by atoms with Crippen LogP contribution in [-0.2, 0) is 35.0 Å². The molecule has 13 rings (SSSR count). The first-order valence-corrected chi connectivity index (χ1v) is 35.7. The topological polar surface area (TPSA) is 283 Å². The third-order valence-electron chi connectivity index (χ3n) is 17.0. The minimum Gasteiger partial charge on any atom is -0.497 e. The Kier molecular flexibility index (Phi) is 23.5. The molecule has 1 aliphatic rings. The number of rotatable bonds is 27. The highest BCUT2D eigenvalue weighted by atomic mass is 32.2. The van der Waals surface area contributed by atoms with E-state index < -0.39 is 10.0 Å². The Hall–Kier alpha value is -11.5. The summed E-state index contributed by atoms with van der Waals surface area (Å²) in [6.45, 7) is 10.7. The van der Waals surface area contributed by atoms with Gasteiger partial charge in [0.15, 0.2) is 0 Å². The standard InChI is InChI=1S/C26H30N6O4S.C25H29N7O3.C25H29N5O2/c1-35-22-10-21(11-23(13-22)36-2)32(16-18-4-5-18)20-6-7-24-25(12-20)30-26(15-27-24)19-14-28-31(17-19)9-8-29-37(3,33)34;1-26-7-8-32(19-9-20(34-3)12-21(10-19)35-4)18-5-6-22-23(11-18)30-24(14-28-22)17-13-29-31(15-17)16-25(33)27-2;1-25(2,3)16-30(19-9-20(31-5)12-21(10-19)32-6)18-7-8-22-23(11-18)28-24(14-26-22)17-13-27-29(4)15-17/h6-7,10-15,17-18,29H,4-5,8-9,16H2,1-3H3;5-6,9-15,26H,7-8,16H2,1-4H3,(H,27,33);7-15H,16H2,1-6H3. The van der Waals surface area contributed by atoms with Crippen LogP contribution in [0.25, 0.3) is 66.9 Å². The fourth-order valence-corrected chi connectivity index (χ4v) is 11.9. The molecule has 0 saturated heterocycles. The number of aryl methyl sites for hydroxylation is 1. The zero-order chi connectivity index (χ0) is 73.7. The van der Waals surface area contributed by atoms with E-state index in [1.165, 1.54) is 12.8 Å². The molecule has 0 bridgehead atoms. The number of fused-ring (bicyclic) bond motifs is 3. The molecule has 27 nitrogen and oxygen atoms in total. The van der Waals surface area contributed by atoms with Gasteiger partial charge in [0.25, 0.3) is 0 Å². The molecular formula is C76H88N18O9S. The van der Waals surface area contributed by atoms with Crippen LogP contribution in [0.5, 0.6) is 34.5 Å². The van der Waals surface area contributed by atoms with Crippen LogP contribution in [0.3, 0.4) is 0 Å². The number of likely N-dealkylation sites (N-methyl/N-ethyl adjacent to an activating group) is 2. The van der Waals surface area contributed by atoms with E-state index >= 15 is 0 Å². The summed E-state index contributed by atoms with van der Waals surface area (Å²) in [6.07, 6.45) is 19.6. The van der Waals surface area contributed by atoms with E-state index in [9.17, 15) is 13.2 Å². The second kappa shape index (κ2) is 33.1. The van der Waals surface area contributed by atoms with E-state index in [1.54, 1.807) is 107 Å². The van der Waals surface area contributed by atoms with E-state index in [4.69, 9.17) is 43.4 Å². The maximum atomic E-state index is 11.7. The number of aromatic nitrogens is 12. The largest absolute Gasteiger partial charge is 0.497 e. The van der Waals surface area contributed by atoms with Gasteiger partial charge >= 0.3 is 0 Å². The number of hydrogen-bond donors (Lipinski definition) is 3. The van der Waals surface area contributed by atoms with E-state index in [2.05, 4.69) is 105 Å². The summed E-state index contributed by atoms with van der Waals surface area (Å²) in [7, 11) is 12.1. The van der Waals surface area contributed by atoms with Gasteiger partial charge in [-0.05, 0) is 85.8 Å². The maximum absolute atomic E-state index is 11.7. The second-order valence-corrected chi connectivity index (χ2v) is 27.9.